The molecule has 0 spiro atoms. The van der Waals surface area contributed by atoms with Crippen LogP contribution in [0.2, 0.25) is 0 Å². The van der Waals surface area contributed by atoms with Crippen LogP contribution in [0.5, 0.6) is 0 Å². The third-order valence-corrected chi connectivity index (χ3v) is 4.31. The van der Waals surface area contributed by atoms with Crippen molar-refractivity contribution in [2.24, 2.45) is 0 Å². The molecule has 0 unspecified atom stereocenters. The SMILES string of the molecule is Cc1cccc(N2CCN(C(=O)c3ccc[nH]3)CC2)c1C. The molecule has 0 saturated carbocycles. The molecule has 1 saturated heterocycles. The standard InChI is InChI=1S/C17H21N3O/c1-13-5-3-7-16(14(13)2)19-9-11-20(12-10-19)17(21)15-6-4-8-18-15/h3-8,18H,9-12H2,1-2H3. The fourth-order valence-electron chi connectivity index (χ4n) is 2.86. The van der Waals surface area contributed by atoms with Crippen LogP contribution in [0.4, 0.5) is 5.69 Å². The molecule has 4 heteroatoms. The Kier molecular flexibility index (Phi) is 3.69. The van der Waals surface area contributed by atoms with E-state index in [1.807, 2.05) is 17.0 Å². The number of aromatic amines is 1. The number of H-pyrrole nitrogens is 1. The molecule has 21 heavy (non-hydrogen) atoms. The number of rotatable bonds is 2. The van der Waals surface area contributed by atoms with Gasteiger partial charge in [0.25, 0.3) is 5.91 Å². The van der Waals surface area contributed by atoms with E-state index in [1.54, 1.807) is 6.20 Å². The highest BCUT2D eigenvalue weighted by atomic mass is 16.2. The van der Waals surface area contributed by atoms with E-state index in [-0.39, 0.29) is 5.91 Å². The Morgan fingerprint density at radius 2 is 1.81 bits per heavy atom. The van der Waals surface area contributed by atoms with Gasteiger partial charge in [0.05, 0.1) is 0 Å². The molecular weight excluding hydrogens is 262 g/mol. The van der Waals surface area contributed by atoms with Crippen molar-refractivity contribution in [3.63, 3.8) is 0 Å². The van der Waals surface area contributed by atoms with Crippen LogP contribution < -0.4 is 4.90 Å². The van der Waals surface area contributed by atoms with Gasteiger partial charge in [-0.15, -0.1) is 0 Å². The topological polar surface area (TPSA) is 39.3 Å². The maximum Gasteiger partial charge on any atom is 0.270 e. The van der Waals surface area contributed by atoms with Crippen LogP contribution in [0.15, 0.2) is 36.5 Å². The third-order valence-electron chi connectivity index (χ3n) is 4.31. The van der Waals surface area contributed by atoms with Gasteiger partial charge < -0.3 is 14.8 Å². The summed E-state index contributed by atoms with van der Waals surface area (Å²) in [6, 6.07) is 10.1. The van der Waals surface area contributed by atoms with E-state index >= 15 is 0 Å². The van der Waals surface area contributed by atoms with E-state index in [0.717, 1.165) is 26.2 Å². The summed E-state index contributed by atoms with van der Waals surface area (Å²) in [7, 11) is 0. The number of nitrogens with zero attached hydrogens (tertiary/aromatic N) is 2. The molecule has 0 aliphatic carbocycles. The molecule has 1 aliphatic rings. The van der Waals surface area contributed by atoms with Crippen molar-refractivity contribution in [1.29, 1.82) is 0 Å². The molecule has 1 fully saturated rings. The number of carbonyl (C=O) groups is 1. The van der Waals surface area contributed by atoms with Crippen molar-refractivity contribution in [2.75, 3.05) is 31.1 Å². The Morgan fingerprint density at radius 3 is 2.48 bits per heavy atom. The average molecular weight is 283 g/mol. The molecule has 0 atom stereocenters. The molecule has 1 aliphatic heterocycles. The van der Waals surface area contributed by atoms with Crippen molar-refractivity contribution in [3.8, 4) is 0 Å². The van der Waals surface area contributed by atoms with E-state index < -0.39 is 0 Å². The van der Waals surface area contributed by atoms with Gasteiger partial charge in [0.2, 0.25) is 0 Å². The van der Waals surface area contributed by atoms with Crippen LogP contribution >= 0.6 is 0 Å². The predicted octanol–water partition coefficient (Wildman–Crippen LogP) is 2.59. The zero-order valence-corrected chi connectivity index (χ0v) is 12.6. The summed E-state index contributed by atoms with van der Waals surface area (Å²) in [4.78, 5) is 19.6. The van der Waals surface area contributed by atoms with E-state index in [2.05, 4.69) is 41.9 Å². The number of hydrogen-bond acceptors (Lipinski definition) is 2. The predicted molar refractivity (Wildman–Crippen MR) is 84.8 cm³/mol. The monoisotopic (exact) mass is 283 g/mol. The smallest absolute Gasteiger partial charge is 0.270 e. The molecule has 1 aromatic carbocycles. The zero-order valence-electron chi connectivity index (χ0n) is 12.6. The minimum Gasteiger partial charge on any atom is -0.368 e. The van der Waals surface area contributed by atoms with Gasteiger partial charge in [-0.1, -0.05) is 12.1 Å². The maximum atomic E-state index is 12.3. The Morgan fingerprint density at radius 1 is 1.05 bits per heavy atom. The van der Waals surface area contributed by atoms with Crippen LogP contribution in [0.3, 0.4) is 0 Å². The van der Waals surface area contributed by atoms with Crippen molar-refractivity contribution >= 4 is 11.6 Å². The first-order valence-corrected chi connectivity index (χ1v) is 7.40. The van der Waals surface area contributed by atoms with Gasteiger partial charge in [0.1, 0.15) is 5.69 Å². The fraction of sp³-hybridized carbons (Fsp3) is 0.353. The molecule has 3 rings (SSSR count). The summed E-state index contributed by atoms with van der Waals surface area (Å²) in [6.07, 6.45) is 1.79. The fourth-order valence-corrected chi connectivity index (χ4v) is 2.86. The summed E-state index contributed by atoms with van der Waals surface area (Å²) < 4.78 is 0. The van der Waals surface area contributed by atoms with Gasteiger partial charge >= 0.3 is 0 Å². The number of aryl methyl sites for hydroxylation is 1. The number of hydrogen-bond donors (Lipinski definition) is 1. The van der Waals surface area contributed by atoms with E-state index in [1.165, 1.54) is 16.8 Å². The lowest BCUT2D eigenvalue weighted by Gasteiger charge is -2.36. The Balaban J connectivity index is 1.68. The van der Waals surface area contributed by atoms with Crippen LogP contribution in [-0.4, -0.2) is 42.0 Å². The van der Waals surface area contributed by atoms with Crippen molar-refractivity contribution in [1.82, 2.24) is 9.88 Å². The number of anilines is 1. The van der Waals surface area contributed by atoms with Gasteiger partial charge in [-0.2, -0.15) is 0 Å². The molecule has 1 amide bonds. The second-order valence-electron chi connectivity index (χ2n) is 5.58. The second kappa shape index (κ2) is 5.64. The molecule has 1 aromatic heterocycles. The molecule has 2 aromatic rings. The number of aromatic nitrogens is 1. The van der Waals surface area contributed by atoms with Gasteiger partial charge in [-0.3, -0.25) is 4.79 Å². The van der Waals surface area contributed by atoms with Gasteiger partial charge in [-0.05, 0) is 43.2 Å². The summed E-state index contributed by atoms with van der Waals surface area (Å²) >= 11 is 0. The van der Waals surface area contributed by atoms with Crippen molar-refractivity contribution in [3.05, 3.63) is 53.3 Å². The average Bonchev–Trinajstić information content (AvgIpc) is 3.04. The summed E-state index contributed by atoms with van der Waals surface area (Å²) in [5.41, 5.74) is 4.62. The third kappa shape index (κ3) is 2.66. The van der Waals surface area contributed by atoms with Gasteiger partial charge in [-0.25, -0.2) is 0 Å². The van der Waals surface area contributed by atoms with E-state index in [0.29, 0.717) is 5.69 Å². The minimum atomic E-state index is 0.0978. The van der Waals surface area contributed by atoms with Gasteiger partial charge in [0, 0.05) is 38.1 Å². The van der Waals surface area contributed by atoms with Crippen LogP contribution in [0.1, 0.15) is 21.6 Å². The molecule has 1 N–H and O–H groups in total. The van der Waals surface area contributed by atoms with Crippen LogP contribution in [-0.2, 0) is 0 Å². The second-order valence-corrected chi connectivity index (χ2v) is 5.58. The number of nitrogens with one attached hydrogen (secondary N) is 1. The highest BCUT2D eigenvalue weighted by molar-refractivity contribution is 5.92. The number of carbonyl (C=O) groups excluding carboxylic acids is 1. The van der Waals surface area contributed by atoms with E-state index in [4.69, 9.17) is 0 Å². The molecular formula is C17H21N3O. The quantitative estimate of drug-likeness (QED) is 0.920. The van der Waals surface area contributed by atoms with Crippen molar-refractivity contribution in [2.45, 2.75) is 13.8 Å². The largest absolute Gasteiger partial charge is 0.368 e. The number of benzene rings is 1. The molecule has 0 radical (unpaired) electrons. The highest BCUT2D eigenvalue weighted by Crippen LogP contribution is 2.24. The lowest BCUT2D eigenvalue weighted by molar-refractivity contribution is 0.0741. The highest BCUT2D eigenvalue weighted by Gasteiger charge is 2.23. The first kappa shape index (κ1) is 13.7. The van der Waals surface area contributed by atoms with Crippen LogP contribution in [0.25, 0.3) is 0 Å². The maximum absolute atomic E-state index is 12.3. The lowest BCUT2D eigenvalue weighted by Crippen LogP contribution is -2.49. The molecule has 0 bridgehead atoms. The summed E-state index contributed by atoms with van der Waals surface area (Å²) in [5, 5.41) is 0. The first-order valence-electron chi connectivity index (χ1n) is 7.40. The number of piperazine rings is 1. The van der Waals surface area contributed by atoms with E-state index in [9.17, 15) is 4.79 Å². The first-order chi connectivity index (χ1) is 10.2. The summed E-state index contributed by atoms with van der Waals surface area (Å²) in [5.74, 6) is 0.0978. The number of amides is 1. The normalized spacial score (nSPS) is 15.3. The molecule has 110 valence electrons. The lowest BCUT2D eigenvalue weighted by atomic mass is 10.1. The molecule has 4 nitrogen and oxygen atoms in total. The summed E-state index contributed by atoms with van der Waals surface area (Å²) in [6.45, 7) is 7.62. The van der Waals surface area contributed by atoms with Crippen LogP contribution in [0, 0.1) is 13.8 Å². The Labute approximate surface area is 125 Å². The minimum absolute atomic E-state index is 0.0978. The van der Waals surface area contributed by atoms with Gasteiger partial charge in [0.15, 0.2) is 0 Å². The molecule has 2 heterocycles. The van der Waals surface area contributed by atoms with Crippen molar-refractivity contribution < 1.29 is 4.79 Å². The Hall–Kier alpha value is -2.23. The zero-order chi connectivity index (χ0) is 14.8. The Bertz CT molecular complexity index is 625.